The first-order chi connectivity index (χ1) is 8.74. The maximum Gasteiger partial charge on any atom is 0.0443 e. The molecule has 18 heavy (non-hydrogen) atoms. The molecule has 0 spiro atoms. The number of thiophene rings is 1. The summed E-state index contributed by atoms with van der Waals surface area (Å²) in [5, 5.41) is 3.74. The largest absolute Gasteiger partial charge is 0.309 e. The van der Waals surface area contributed by atoms with E-state index in [0.29, 0.717) is 6.04 Å². The van der Waals surface area contributed by atoms with Crippen molar-refractivity contribution in [2.45, 2.75) is 58.9 Å². The summed E-state index contributed by atoms with van der Waals surface area (Å²) in [7, 11) is 0. The molecule has 3 atom stereocenters. The quantitative estimate of drug-likeness (QED) is 0.796. The van der Waals surface area contributed by atoms with E-state index in [1.807, 2.05) is 11.3 Å². The molecule has 3 unspecified atom stereocenters. The summed E-state index contributed by atoms with van der Waals surface area (Å²) in [6, 6.07) is 5.20. The lowest BCUT2D eigenvalue weighted by Crippen LogP contribution is -2.31. The van der Waals surface area contributed by atoms with Gasteiger partial charge < -0.3 is 5.32 Å². The monoisotopic (exact) mass is 265 g/mol. The summed E-state index contributed by atoms with van der Waals surface area (Å²) in [6.45, 7) is 7.87. The van der Waals surface area contributed by atoms with Crippen LogP contribution in [0.25, 0.3) is 0 Å². The Labute approximate surface area is 116 Å². The Kier molecular flexibility index (Phi) is 5.25. The molecule has 1 fully saturated rings. The molecule has 0 amide bonds. The maximum atomic E-state index is 3.74. The Balaban J connectivity index is 2.09. The average molecular weight is 265 g/mol. The molecule has 1 aromatic rings. The Bertz CT molecular complexity index is 358. The molecule has 0 bridgehead atoms. The van der Waals surface area contributed by atoms with Gasteiger partial charge >= 0.3 is 0 Å². The van der Waals surface area contributed by atoms with E-state index in [4.69, 9.17) is 0 Å². The zero-order valence-corrected chi connectivity index (χ0v) is 12.9. The molecule has 1 N–H and O–H groups in total. The highest BCUT2D eigenvalue weighted by atomic mass is 32.1. The van der Waals surface area contributed by atoms with Crippen molar-refractivity contribution in [2.75, 3.05) is 6.54 Å². The molecule has 1 heterocycles. The summed E-state index contributed by atoms with van der Waals surface area (Å²) < 4.78 is 0. The molecule has 1 aliphatic carbocycles. The molecule has 0 aliphatic heterocycles. The van der Waals surface area contributed by atoms with E-state index in [0.717, 1.165) is 18.4 Å². The van der Waals surface area contributed by atoms with Crippen LogP contribution >= 0.6 is 11.3 Å². The SMILES string of the molecule is CCNC(c1ccc(C)s1)C1CCCC(CC)C1. The van der Waals surface area contributed by atoms with Crippen molar-refractivity contribution in [2.24, 2.45) is 11.8 Å². The highest BCUT2D eigenvalue weighted by molar-refractivity contribution is 7.12. The minimum Gasteiger partial charge on any atom is -0.309 e. The van der Waals surface area contributed by atoms with Crippen molar-refractivity contribution >= 4 is 11.3 Å². The van der Waals surface area contributed by atoms with Crippen LogP contribution in [0.4, 0.5) is 0 Å². The molecule has 2 heteroatoms. The molecule has 1 aromatic heterocycles. The second-order valence-electron chi connectivity index (χ2n) is 5.68. The summed E-state index contributed by atoms with van der Waals surface area (Å²) in [5.74, 6) is 1.81. The summed E-state index contributed by atoms with van der Waals surface area (Å²) >= 11 is 1.98. The minimum absolute atomic E-state index is 0.600. The Morgan fingerprint density at radius 3 is 2.78 bits per heavy atom. The predicted molar refractivity (Wildman–Crippen MR) is 81.2 cm³/mol. The van der Waals surface area contributed by atoms with Crippen LogP contribution in [0.3, 0.4) is 0 Å². The van der Waals surface area contributed by atoms with Gasteiger partial charge in [0.1, 0.15) is 0 Å². The third kappa shape index (κ3) is 3.36. The summed E-state index contributed by atoms with van der Waals surface area (Å²) in [5.41, 5.74) is 0. The van der Waals surface area contributed by atoms with Gasteiger partial charge in [-0.1, -0.05) is 33.1 Å². The molecule has 0 radical (unpaired) electrons. The number of aryl methyl sites for hydroxylation is 1. The van der Waals surface area contributed by atoms with Gasteiger partial charge in [-0.15, -0.1) is 11.3 Å². The van der Waals surface area contributed by atoms with Crippen LogP contribution in [0.2, 0.25) is 0 Å². The third-order valence-electron chi connectivity index (χ3n) is 4.36. The summed E-state index contributed by atoms with van der Waals surface area (Å²) in [4.78, 5) is 2.99. The lowest BCUT2D eigenvalue weighted by Gasteiger charge is -2.34. The van der Waals surface area contributed by atoms with E-state index in [9.17, 15) is 0 Å². The van der Waals surface area contributed by atoms with Crippen LogP contribution in [0.5, 0.6) is 0 Å². The van der Waals surface area contributed by atoms with Crippen molar-refractivity contribution < 1.29 is 0 Å². The van der Waals surface area contributed by atoms with E-state index >= 15 is 0 Å². The van der Waals surface area contributed by atoms with Crippen LogP contribution in [-0.4, -0.2) is 6.54 Å². The minimum atomic E-state index is 0.600. The topological polar surface area (TPSA) is 12.0 Å². The van der Waals surface area contributed by atoms with Crippen molar-refractivity contribution in [3.63, 3.8) is 0 Å². The maximum absolute atomic E-state index is 3.74. The zero-order chi connectivity index (χ0) is 13.0. The van der Waals surface area contributed by atoms with Crippen LogP contribution in [0.15, 0.2) is 12.1 Å². The Hall–Kier alpha value is -0.340. The van der Waals surface area contributed by atoms with Gasteiger partial charge in [-0.05, 0) is 50.3 Å². The zero-order valence-electron chi connectivity index (χ0n) is 12.0. The third-order valence-corrected chi connectivity index (χ3v) is 5.45. The average Bonchev–Trinajstić information content (AvgIpc) is 2.82. The fourth-order valence-electron chi connectivity index (χ4n) is 3.35. The van der Waals surface area contributed by atoms with E-state index < -0.39 is 0 Å². The lowest BCUT2D eigenvalue weighted by molar-refractivity contribution is 0.212. The van der Waals surface area contributed by atoms with Crippen molar-refractivity contribution in [1.29, 1.82) is 0 Å². The standard InChI is InChI=1S/C16H27NS/c1-4-13-7-6-8-14(11-13)16(17-5-2)15-10-9-12(3)18-15/h9-10,13-14,16-17H,4-8,11H2,1-3H3. The van der Waals surface area contributed by atoms with Gasteiger partial charge in [0.2, 0.25) is 0 Å². The normalized spacial score (nSPS) is 26.2. The first-order valence-electron chi connectivity index (χ1n) is 7.54. The van der Waals surface area contributed by atoms with E-state index in [1.165, 1.54) is 37.0 Å². The van der Waals surface area contributed by atoms with Crippen LogP contribution < -0.4 is 5.32 Å². The molecule has 1 aliphatic rings. The van der Waals surface area contributed by atoms with Crippen LogP contribution in [0, 0.1) is 18.8 Å². The van der Waals surface area contributed by atoms with E-state index in [-0.39, 0.29) is 0 Å². The van der Waals surface area contributed by atoms with Crippen molar-refractivity contribution in [3.05, 3.63) is 21.9 Å². The van der Waals surface area contributed by atoms with Gasteiger partial charge in [0, 0.05) is 15.8 Å². The molecule has 0 aromatic carbocycles. The van der Waals surface area contributed by atoms with E-state index in [1.54, 1.807) is 4.88 Å². The Morgan fingerprint density at radius 1 is 1.33 bits per heavy atom. The lowest BCUT2D eigenvalue weighted by atomic mass is 9.76. The molecule has 2 rings (SSSR count). The van der Waals surface area contributed by atoms with Crippen LogP contribution in [0.1, 0.15) is 61.7 Å². The first kappa shape index (κ1) is 14.1. The van der Waals surface area contributed by atoms with Crippen LogP contribution in [-0.2, 0) is 0 Å². The van der Waals surface area contributed by atoms with Gasteiger partial charge in [0.25, 0.3) is 0 Å². The van der Waals surface area contributed by atoms with Crippen molar-refractivity contribution in [1.82, 2.24) is 5.32 Å². The highest BCUT2D eigenvalue weighted by Gasteiger charge is 2.28. The van der Waals surface area contributed by atoms with Gasteiger partial charge in [-0.3, -0.25) is 0 Å². The van der Waals surface area contributed by atoms with Gasteiger partial charge in [0.15, 0.2) is 0 Å². The first-order valence-corrected chi connectivity index (χ1v) is 8.36. The summed E-state index contributed by atoms with van der Waals surface area (Å²) in [6.07, 6.45) is 7.07. The van der Waals surface area contributed by atoms with Gasteiger partial charge in [0.05, 0.1) is 0 Å². The number of rotatable bonds is 5. The predicted octanol–water partition coefficient (Wildman–Crippen LogP) is 4.92. The number of hydrogen-bond acceptors (Lipinski definition) is 2. The fourth-order valence-corrected chi connectivity index (χ4v) is 4.39. The fraction of sp³-hybridized carbons (Fsp3) is 0.750. The van der Waals surface area contributed by atoms with Crippen molar-refractivity contribution in [3.8, 4) is 0 Å². The van der Waals surface area contributed by atoms with Gasteiger partial charge in [-0.2, -0.15) is 0 Å². The number of nitrogens with one attached hydrogen (secondary N) is 1. The molecular weight excluding hydrogens is 238 g/mol. The molecule has 1 nitrogen and oxygen atoms in total. The molecule has 1 saturated carbocycles. The van der Waals surface area contributed by atoms with Gasteiger partial charge in [-0.25, -0.2) is 0 Å². The smallest absolute Gasteiger partial charge is 0.0443 e. The molecular formula is C16H27NS. The molecule has 102 valence electrons. The van der Waals surface area contributed by atoms with E-state index in [2.05, 4.69) is 38.2 Å². The highest BCUT2D eigenvalue weighted by Crippen LogP contribution is 2.40. The molecule has 0 saturated heterocycles. The second-order valence-corrected chi connectivity index (χ2v) is 7.00. The number of hydrogen-bond donors (Lipinski definition) is 1. The Morgan fingerprint density at radius 2 is 2.17 bits per heavy atom. The second kappa shape index (κ2) is 6.72.